The minimum Gasteiger partial charge on any atom is -0.481 e. The Labute approximate surface area is 86.0 Å². The van der Waals surface area contributed by atoms with Crippen LogP contribution in [-0.2, 0) is 19.1 Å². The lowest BCUT2D eigenvalue weighted by molar-refractivity contribution is -0.147. The second kappa shape index (κ2) is 6.77. The van der Waals surface area contributed by atoms with Crippen molar-refractivity contribution >= 4 is 17.8 Å². The van der Waals surface area contributed by atoms with E-state index < -0.39 is 30.3 Å². The van der Waals surface area contributed by atoms with Crippen LogP contribution in [0.25, 0.3) is 0 Å². The normalized spacial score (nSPS) is 11.8. The fraction of sp³-hybridized carbons (Fsp3) is 0.625. The van der Waals surface area contributed by atoms with Crippen LogP contribution >= 0.6 is 0 Å². The number of aliphatic carboxylic acids is 2. The third-order valence-corrected chi connectivity index (χ3v) is 1.45. The second-order valence-corrected chi connectivity index (χ2v) is 2.69. The van der Waals surface area contributed by atoms with Gasteiger partial charge in [0, 0.05) is 6.61 Å². The number of hydrogen-bond acceptors (Lipinski definition) is 4. The van der Waals surface area contributed by atoms with Crippen LogP contribution < -0.4 is 5.32 Å². The molecule has 0 fully saturated rings. The number of carbonyl (C=O) groups is 3. The summed E-state index contributed by atoms with van der Waals surface area (Å²) in [7, 11) is 0. The van der Waals surface area contributed by atoms with Crippen molar-refractivity contribution in [3.05, 3.63) is 0 Å². The Kier molecular flexibility index (Phi) is 6.03. The molecule has 7 heteroatoms. The van der Waals surface area contributed by atoms with Crippen molar-refractivity contribution < 1.29 is 29.3 Å². The number of ether oxygens (including phenoxy) is 1. The van der Waals surface area contributed by atoms with Crippen molar-refractivity contribution in [3.8, 4) is 0 Å². The summed E-state index contributed by atoms with van der Waals surface area (Å²) in [6.45, 7) is 1.73. The van der Waals surface area contributed by atoms with Gasteiger partial charge in [0.2, 0.25) is 5.91 Å². The summed E-state index contributed by atoms with van der Waals surface area (Å²) in [6, 6.07) is -1.42. The largest absolute Gasteiger partial charge is 0.481 e. The smallest absolute Gasteiger partial charge is 0.326 e. The van der Waals surface area contributed by atoms with E-state index >= 15 is 0 Å². The molecule has 0 aromatic carbocycles. The van der Waals surface area contributed by atoms with Crippen LogP contribution in [-0.4, -0.2) is 47.3 Å². The number of amides is 1. The van der Waals surface area contributed by atoms with Crippen molar-refractivity contribution in [1.82, 2.24) is 5.32 Å². The molecule has 0 saturated heterocycles. The van der Waals surface area contributed by atoms with E-state index in [1.165, 1.54) is 0 Å². The van der Waals surface area contributed by atoms with Gasteiger partial charge in [-0.2, -0.15) is 0 Å². The molecule has 0 aliphatic heterocycles. The third-order valence-electron chi connectivity index (χ3n) is 1.45. The fourth-order valence-electron chi connectivity index (χ4n) is 0.805. The highest BCUT2D eigenvalue weighted by molar-refractivity contribution is 5.87. The van der Waals surface area contributed by atoms with Crippen LogP contribution in [0.5, 0.6) is 0 Å². The minimum absolute atomic E-state index is 0.278. The molecule has 0 rings (SSSR count). The Morgan fingerprint density at radius 3 is 2.33 bits per heavy atom. The molecule has 0 aliphatic carbocycles. The van der Waals surface area contributed by atoms with Gasteiger partial charge >= 0.3 is 11.9 Å². The second-order valence-electron chi connectivity index (χ2n) is 2.69. The van der Waals surface area contributed by atoms with E-state index in [-0.39, 0.29) is 6.61 Å². The highest BCUT2D eigenvalue weighted by atomic mass is 16.5. The number of rotatable bonds is 7. The maximum Gasteiger partial charge on any atom is 0.326 e. The average Bonchev–Trinajstić information content (AvgIpc) is 2.12. The molecule has 0 aromatic rings. The molecule has 7 nitrogen and oxygen atoms in total. The summed E-state index contributed by atoms with van der Waals surface area (Å²) in [5.41, 5.74) is 0. The minimum atomic E-state index is -1.42. The molecular formula is C8H13NO6. The Balaban J connectivity index is 4.10. The van der Waals surface area contributed by atoms with Crippen molar-refractivity contribution in [2.75, 3.05) is 13.2 Å². The molecule has 15 heavy (non-hydrogen) atoms. The van der Waals surface area contributed by atoms with Gasteiger partial charge < -0.3 is 20.3 Å². The number of carbonyl (C=O) groups excluding carboxylic acids is 1. The first-order valence-corrected chi connectivity index (χ1v) is 4.29. The van der Waals surface area contributed by atoms with Gasteiger partial charge in [-0.3, -0.25) is 9.59 Å². The SMILES string of the molecule is CCOCC(=O)NC(CC(=O)O)C(=O)O. The zero-order chi connectivity index (χ0) is 11.8. The monoisotopic (exact) mass is 219 g/mol. The van der Waals surface area contributed by atoms with Crippen LogP contribution in [0.1, 0.15) is 13.3 Å². The van der Waals surface area contributed by atoms with E-state index in [9.17, 15) is 14.4 Å². The van der Waals surface area contributed by atoms with Crippen LogP contribution in [0.3, 0.4) is 0 Å². The van der Waals surface area contributed by atoms with Gasteiger partial charge in [-0.15, -0.1) is 0 Å². The number of carboxylic acid groups (broad SMARTS) is 2. The molecule has 0 radical (unpaired) electrons. The first kappa shape index (κ1) is 13.4. The molecule has 86 valence electrons. The van der Waals surface area contributed by atoms with Gasteiger partial charge in [-0.1, -0.05) is 0 Å². The lowest BCUT2D eigenvalue weighted by Gasteiger charge is -2.11. The molecule has 0 aromatic heterocycles. The predicted octanol–water partition coefficient (Wildman–Crippen LogP) is -0.933. The Hall–Kier alpha value is -1.63. The quantitative estimate of drug-likeness (QED) is 0.509. The highest BCUT2D eigenvalue weighted by Crippen LogP contribution is 1.92. The molecule has 1 atom stereocenters. The zero-order valence-electron chi connectivity index (χ0n) is 8.23. The summed E-state index contributed by atoms with van der Waals surface area (Å²) in [5.74, 6) is -3.33. The number of hydrogen-bond donors (Lipinski definition) is 3. The van der Waals surface area contributed by atoms with Gasteiger partial charge in [-0.25, -0.2) is 4.79 Å². The standard InChI is InChI=1S/C8H13NO6/c1-2-15-4-6(10)9-5(8(13)14)3-7(11)12/h5H,2-4H2,1H3,(H,9,10)(H,11,12)(H,13,14). The maximum absolute atomic E-state index is 11.0. The third kappa shape index (κ3) is 6.44. The number of nitrogens with one attached hydrogen (secondary N) is 1. The van der Waals surface area contributed by atoms with Gasteiger partial charge in [0.25, 0.3) is 0 Å². The van der Waals surface area contributed by atoms with E-state index in [1.54, 1.807) is 6.92 Å². The first-order valence-electron chi connectivity index (χ1n) is 4.29. The van der Waals surface area contributed by atoms with E-state index in [4.69, 9.17) is 14.9 Å². The summed E-state index contributed by atoms with van der Waals surface area (Å²) in [5, 5.41) is 19.0. The van der Waals surface area contributed by atoms with Crippen molar-refractivity contribution in [1.29, 1.82) is 0 Å². The molecule has 1 unspecified atom stereocenters. The molecular weight excluding hydrogens is 206 g/mol. The van der Waals surface area contributed by atoms with Crippen LogP contribution in [0.4, 0.5) is 0 Å². The van der Waals surface area contributed by atoms with Crippen molar-refractivity contribution in [2.45, 2.75) is 19.4 Å². The molecule has 0 bridgehead atoms. The zero-order valence-corrected chi connectivity index (χ0v) is 8.23. The molecule has 0 spiro atoms. The van der Waals surface area contributed by atoms with Gasteiger partial charge in [0.05, 0.1) is 6.42 Å². The maximum atomic E-state index is 11.0. The van der Waals surface area contributed by atoms with E-state index in [1.807, 2.05) is 5.32 Å². The van der Waals surface area contributed by atoms with Crippen molar-refractivity contribution in [2.24, 2.45) is 0 Å². The summed E-state index contributed by atoms with van der Waals surface area (Å²) in [6.07, 6.45) is -0.660. The average molecular weight is 219 g/mol. The highest BCUT2D eigenvalue weighted by Gasteiger charge is 2.22. The predicted molar refractivity (Wildman–Crippen MR) is 48.3 cm³/mol. The molecule has 0 heterocycles. The number of carboxylic acids is 2. The Bertz CT molecular complexity index is 252. The molecule has 0 aliphatic rings. The summed E-state index contributed by atoms with van der Waals surface area (Å²) < 4.78 is 4.73. The van der Waals surface area contributed by atoms with Gasteiger partial charge in [0.15, 0.2) is 0 Å². The van der Waals surface area contributed by atoms with Crippen LogP contribution in [0, 0.1) is 0 Å². The van der Waals surface area contributed by atoms with Gasteiger partial charge in [-0.05, 0) is 6.92 Å². The Morgan fingerprint density at radius 1 is 1.33 bits per heavy atom. The van der Waals surface area contributed by atoms with E-state index in [2.05, 4.69) is 0 Å². The van der Waals surface area contributed by atoms with E-state index in [0.717, 1.165) is 0 Å². The van der Waals surface area contributed by atoms with Gasteiger partial charge in [0.1, 0.15) is 12.6 Å². The lowest BCUT2D eigenvalue weighted by Crippen LogP contribution is -2.43. The topological polar surface area (TPSA) is 113 Å². The first-order chi connectivity index (χ1) is 6.97. The summed E-state index contributed by atoms with van der Waals surface area (Å²) >= 11 is 0. The molecule has 1 amide bonds. The fourth-order valence-corrected chi connectivity index (χ4v) is 0.805. The van der Waals surface area contributed by atoms with Crippen LogP contribution in [0.2, 0.25) is 0 Å². The van der Waals surface area contributed by atoms with E-state index in [0.29, 0.717) is 6.61 Å². The molecule has 0 saturated carbocycles. The molecule has 3 N–H and O–H groups in total. The van der Waals surface area contributed by atoms with Crippen molar-refractivity contribution in [3.63, 3.8) is 0 Å². The summed E-state index contributed by atoms with van der Waals surface area (Å²) in [4.78, 5) is 31.8. The lowest BCUT2D eigenvalue weighted by atomic mass is 10.2. The Morgan fingerprint density at radius 2 is 1.93 bits per heavy atom. The van der Waals surface area contributed by atoms with Crippen LogP contribution in [0.15, 0.2) is 0 Å².